The predicted molar refractivity (Wildman–Crippen MR) is 127 cm³/mol. The van der Waals surface area contributed by atoms with Gasteiger partial charge in [0.1, 0.15) is 15.4 Å². The van der Waals surface area contributed by atoms with Gasteiger partial charge in [-0.3, -0.25) is 4.79 Å². The molecule has 0 spiro atoms. The molecule has 1 aliphatic rings. The highest BCUT2D eigenvalue weighted by atomic mass is 32.2. The Morgan fingerprint density at radius 2 is 1.72 bits per heavy atom. The number of ether oxygens (including phenoxy) is 1. The molecule has 1 fully saturated rings. The molecule has 8 heteroatoms. The van der Waals surface area contributed by atoms with Crippen molar-refractivity contribution >= 4 is 21.8 Å². The summed E-state index contributed by atoms with van der Waals surface area (Å²) in [5.74, 6) is 0.348. The van der Waals surface area contributed by atoms with Crippen LogP contribution in [0, 0.1) is 5.92 Å². The molecule has 2 amide bonds. The van der Waals surface area contributed by atoms with E-state index in [2.05, 4.69) is 5.32 Å². The van der Waals surface area contributed by atoms with Crippen LogP contribution in [0.2, 0.25) is 0 Å². The van der Waals surface area contributed by atoms with Gasteiger partial charge in [-0.05, 0) is 70.1 Å². The highest BCUT2D eigenvalue weighted by Crippen LogP contribution is 2.24. The van der Waals surface area contributed by atoms with E-state index in [0.717, 1.165) is 51.4 Å². The van der Waals surface area contributed by atoms with Crippen molar-refractivity contribution in [2.75, 3.05) is 31.6 Å². The Labute approximate surface area is 192 Å². The topological polar surface area (TPSA) is 92.8 Å². The van der Waals surface area contributed by atoms with Crippen LogP contribution in [0.1, 0.15) is 68.8 Å². The number of sulfone groups is 1. The van der Waals surface area contributed by atoms with Gasteiger partial charge in [-0.15, -0.1) is 0 Å². The lowest BCUT2D eigenvalue weighted by molar-refractivity contribution is 0.0180. The molecule has 1 aromatic rings. The summed E-state index contributed by atoms with van der Waals surface area (Å²) in [7, 11) is -3.08. The molecule has 0 saturated carbocycles. The van der Waals surface area contributed by atoms with Crippen molar-refractivity contribution in [3.05, 3.63) is 35.4 Å². The molecule has 1 N–H and O–H groups in total. The van der Waals surface area contributed by atoms with Crippen molar-refractivity contribution in [1.82, 2.24) is 10.2 Å². The van der Waals surface area contributed by atoms with Gasteiger partial charge in [0.05, 0.1) is 5.75 Å². The second-order valence-corrected chi connectivity index (χ2v) is 12.0. The third-order valence-electron chi connectivity index (χ3n) is 5.57. The molecule has 1 saturated heterocycles. The predicted octanol–water partition coefficient (Wildman–Crippen LogP) is 3.82. The number of rotatable bonds is 9. The third-order valence-corrected chi connectivity index (χ3v) is 6.51. The van der Waals surface area contributed by atoms with E-state index >= 15 is 0 Å². The monoisotopic (exact) mass is 466 g/mol. The zero-order valence-electron chi connectivity index (χ0n) is 19.9. The van der Waals surface area contributed by atoms with Crippen LogP contribution in [0.5, 0.6) is 0 Å². The van der Waals surface area contributed by atoms with Crippen molar-refractivity contribution in [3.63, 3.8) is 0 Å². The quantitative estimate of drug-likeness (QED) is 0.559. The number of hydrogen-bond acceptors (Lipinski definition) is 5. The molecular formula is C24H38N2O5S. The Bertz CT molecular complexity index is 851. The van der Waals surface area contributed by atoms with Crippen LogP contribution in [0.3, 0.4) is 0 Å². The van der Waals surface area contributed by atoms with Gasteiger partial charge in [0.25, 0.3) is 5.91 Å². The van der Waals surface area contributed by atoms with Crippen LogP contribution in [-0.4, -0.2) is 62.6 Å². The highest BCUT2D eigenvalue weighted by molar-refractivity contribution is 7.90. The lowest BCUT2D eigenvalue weighted by Gasteiger charge is -2.33. The second kappa shape index (κ2) is 11.7. The Balaban J connectivity index is 1.63. The van der Waals surface area contributed by atoms with E-state index in [4.69, 9.17) is 4.74 Å². The lowest BCUT2D eigenvalue weighted by Crippen LogP contribution is -2.41. The summed E-state index contributed by atoms with van der Waals surface area (Å²) in [4.78, 5) is 26.0. The van der Waals surface area contributed by atoms with Crippen molar-refractivity contribution in [3.8, 4) is 0 Å². The zero-order chi connectivity index (χ0) is 23.8. The van der Waals surface area contributed by atoms with Crippen molar-refractivity contribution in [1.29, 1.82) is 0 Å². The molecule has 0 atom stereocenters. The SMILES string of the molecule is CC(C)(C)OC(=O)N1CCC(CCCCc2ccc(C(=O)NCCS(C)(=O)=O)cc2)CC1. The van der Waals surface area contributed by atoms with E-state index in [0.29, 0.717) is 11.5 Å². The number of benzene rings is 1. The van der Waals surface area contributed by atoms with Gasteiger partial charge >= 0.3 is 6.09 Å². The summed E-state index contributed by atoms with van der Waals surface area (Å²) in [5.41, 5.74) is 1.28. The van der Waals surface area contributed by atoms with Gasteiger partial charge in [-0.2, -0.15) is 0 Å². The first-order valence-electron chi connectivity index (χ1n) is 11.5. The van der Waals surface area contributed by atoms with E-state index in [9.17, 15) is 18.0 Å². The molecule has 0 radical (unpaired) electrons. The highest BCUT2D eigenvalue weighted by Gasteiger charge is 2.26. The number of unbranched alkanes of at least 4 members (excludes halogenated alkanes) is 1. The maximum absolute atomic E-state index is 12.1. The minimum atomic E-state index is -3.08. The van der Waals surface area contributed by atoms with Gasteiger partial charge in [0.2, 0.25) is 0 Å². The summed E-state index contributed by atoms with van der Waals surface area (Å²) in [6.45, 7) is 7.34. The van der Waals surface area contributed by atoms with Crippen LogP contribution < -0.4 is 5.32 Å². The maximum atomic E-state index is 12.1. The van der Waals surface area contributed by atoms with Gasteiger partial charge < -0.3 is 15.0 Å². The Hall–Kier alpha value is -2.09. The lowest BCUT2D eigenvalue weighted by atomic mass is 9.91. The first-order chi connectivity index (χ1) is 14.9. The van der Waals surface area contributed by atoms with Crippen LogP contribution in [0.4, 0.5) is 4.79 Å². The Kier molecular flexibility index (Phi) is 9.55. The normalized spacial score (nSPS) is 15.4. The minimum Gasteiger partial charge on any atom is -0.444 e. The number of aryl methyl sites for hydroxylation is 1. The summed E-state index contributed by atoms with van der Waals surface area (Å²) < 4.78 is 27.7. The van der Waals surface area contributed by atoms with Crippen LogP contribution in [0.15, 0.2) is 24.3 Å². The van der Waals surface area contributed by atoms with Crippen molar-refractivity contribution in [2.45, 2.75) is 64.9 Å². The van der Waals surface area contributed by atoms with Gasteiger partial charge in [-0.25, -0.2) is 13.2 Å². The van der Waals surface area contributed by atoms with Crippen LogP contribution in [-0.2, 0) is 21.0 Å². The third kappa shape index (κ3) is 10.0. The van der Waals surface area contributed by atoms with Gasteiger partial charge in [-0.1, -0.05) is 25.0 Å². The van der Waals surface area contributed by atoms with E-state index in [-0.39, 0.29) is 24.3 Å². The van der Waals surface area contributed by atoms with Gasteiger partial charge in [0.15, 0.2) is 0 Å². The molecule has 1 aromatic carbocycles. The van der Waals surface area contributed by atoms with Crippen LogP contribution >= 0.6 is 0 Å². The Morgan fingerprint density at radius 1 is 1.09 bits per heavy atom. The largest absolute Gasteiger partial charge is 0.444 e. The minimum absolute atomic E-state index is 0.0587. The summed E-state index contributed by atoms with van der Waals surface area (Å²) in [6, 6.07) is 7.50. The molecule has 7 nitrogen and oxygen atoms in total. The zero-order valence-corrected chi connectivity index (χ0v) is 20.7. The summed E-state index contributed by atoms with van der Waals surface area (Å²) in [6.07, 6.45) is 7.38. The molecule has 0 bridgehead atoms. The number of carbonyl (C=O) groups excluding carboxylic acids is 2. The number of piperidine rings is 1. The summed E-state index contributed by atoms with van der Waals surface area (Å²) >= 11 is 0. The van der Waals surface area contributed by atoms with Crippen molar-refractivity contribution in [2.24, 2.45) is 5.92 Å². The molecular weight excluding hydrogens is 428 g/mol. The molecule has 32 heavy (non-hydrogen) atoms. The number of hydrogen-bond donors (Lipinski definition) is 1. The molecule has 2 rings (SSSR count). The number of likely N-dealkylation sites (tertiary alicyclic amines) is 1. The molecule has 1 aliphatic heterocycles. The van der Waals surface area contributed by atoms with Crippen molar-refractivity contribution < 1.29 is 22.7 Å². The molecule has 0 aromatic heterocycles. The average molecular weight is 467 g/mol. The number of carbonyl (C=O) groups is 2. The van der Waals surface area contributed by atoms with E-state index in [1.807, 2.05) is 37.8 Å². The molecule has 0 unspecified atom stereocenters. The fourth-order valence-corrected chi connectivity index (χ4v) is 4.24. The fourth-order valence-electron chi connectivity index (χ4n) is 3.77. The second-order valence-electron chi connectivity index (χ2n) is 9.74. The molecule has 0 aliphatic carbocycles. The number of nitrogens with zero attached hydrogens (tertiary/aromatic N) is 1. The number of nitrogens with one attached hydrogen (secondary N) is 1. The van der Waals surface area contributed by atoms with Gasteiger partial charge in [0, 0.05) is 31.5 Å². The molecule has 180 valence electrons. The first kappa shape index (κ1) is 26.2. The fraction of sp³-hybridized carbons (Fsp3) is 0.667. The van der Waals surface area contributed by atoms with E-state index in [1.165, 1.54) is 12.0 Å². The smallest absolute Gasteiger partial charge is 0.410 e. The maximum Gasteiger partial charge on any atom is 0.410 e. The van der Waals surface area contributed by atoms with Crippen LogP contribution in [0.25, 0.3) is 0 Å². The van der Waals surface area contributed by atoms with E-state index < -0.39 is 15.4 Å². The molecule has 1 heterocycles. The average Bonchev–Trinajstić information content (AvgIpc) is 2.70. The summed E-state index contributed by atoms with van der Waals surface area (Å²) in [5, 5.41) is 2.63. The standard InChI is InChI=1S/C24H38N2O5S/c1-24(2,3)31-23(28)26-16-13-20(14-17-26)8-6-5-7-19-9-11-21(12-10-19)22(27)25-15-18-32(4,29)30/h9-12,20H,5-8,13-18H2,1-4H3,(H,25,27). The van der Waals surface area contributed by atoms with E-state index in [1.54, 1.807) is 12.1 Å². The Morgan fingerprint density at radius 3 is 2.28 bits per heavy atom. The first-order valence-corrected chi connectivity index (χ1v) is 13.5. The number of amides is 2.